The van der Waals surface area contributed by atoms with Gasteiger partial charge in [0.15, 0.2) is 0 Å². The zero-order valence-electron chi connectivity index (χ0n) is 7.99. The molecule has 0 bridgehead atoms. The Morgan fingerprint density at radius 3 is 2.15 bits per heavy atom. The Morgan fingerprint density at radius 1 is 1.31 bits per heavy atom. The fourth-order valence-electron chi connectivity index (χ4n) is 1.91. The van der Waals surface area contributed by atoms with Crippen molar-refractivity contribution < 1.29 is 9.90 Å². The van der Waals surface area contributed by atoms with Gasteiger partial charge in [-0.1, -0.05) is 6.08 Å². The molecule has 0 aliphatic heterocycles. The topological polar surface area (TPSA) is 63.3 Å². The molecule has 0 radical (unpaired) electrons. The third-order valence-corrected chi connectivity index (χ3v) is 2.88. The van der Waals surface area contributed by atoms with Crippen molar-refractivity contribution in [1.29, 1.82) is 0 Å². The van der Waals surface area contributed by atoms with Crippen molar-refractivity contribution in [3.63, 3.8) is 0 Å². The third-order valence-electron chi connectivity index (χ3n) is 2.88. The lowest BCUT2D eigenvalue weighted by Crippen LogP contribution is -2.24. The van der Waals surface area contributed by atoms with Crippen LogP contribution in [-0.2, 0) is 4.79 Å². The summed E-state index contributed by atoms with van der Waals surface area (Å²) in [6, 6.07) is 0. The van der Waals surface area contributed by atoms with Crippen molar-refractivity contribution in [2.75, 3.05) is 0 Å². The summed E-state index contributed by atoms with van der Waals surface area (Å²) in [5, 5.41) is 8.77. The highest BCUT2D eigenvalue weighted by atomic mass is 16.4. The van der Waals surface area contributed by atoms with Crippen LogP contribution in [0.5, 0.6) is 0 Å². The zero-order chi connectivity index (χ0) is 9.84. The molecule has 0 aromatic carbocycles. The lowest BCUT2D eigenvalue weighted by Gasteiger charge is -2.26. The first-order valence-corrected chi connectivity index (χ1v) is 4.79. The van der Waals surface area contributed by atoms with Crippen LogP contribution in [0.1, 0.15) is 32.6 Å². The predicted molar refractivity (Wildman–Crippen MR) is 51.0 cm³/mol. The molecule has 1 fully saturated rings. The minimum atomic E-state index is -0.655. The van der Waals surface area contributed by atoms with Crippen molar-refractivity contribution >= 4 is 5.97 Å². The summed E-state index contributed by atoms with van der Waals surface area (Å²) in [6.07, 6.45) is 5.31. The molecule has 1 aliphatic carbocycles. The van der Waals surface area contributed by atoms with Gasteiger partial charge in [0.2, 0.25) is 0 Å². The molecule has 0 unspecified atom stereocenters. The summed E-state index contributed by atoms with van der Waals surface area (Å²) >= 11 is 0. The molecule has 74 valence electrons. The number of hydrogen-bond acceptors (Lipinski definition) is 2. The Balaban J connectivity index is 2.43. The van der Waals surface area contributed by atoms with Gasteiger partial charge < -0.3 is 10.8 Å². The van der Waals surface area contributed by atoms with Crippen LogP contribution in [0.4, 0.5) is 0 Å². The lowest BCUT2D eigenvalue weighted by molar-refractivity contribution is -0.143. The Bertz CT molecular complexity index is 215. The van der Waals surface area contributed by atoms with Crippen molar-refractivity contribution in [3.05, 3.63) is 11.8 Å². The van der Waals surface area contributed by atoms with Gasteiger partial charge in [0.05, 0.1) is 5.92 Å². The Hall–Kier alpha value is -0.990. The van der Waals surface area contributed by atoms with Gasteiger partial charge in [0.25, 0.3) is 0 Å². The van der Waals surface area contributed by atoms with Crippen LogP contribution in [0.25, 0.3) is 0 Å². The molecule has 3 heteroatoms. The smallest absolute Gasteiger partial charge is 0.306 e. The standard InChI is InChI=1S/C10H17NO2/c1-2-9(11)7-3-5-8(6-4-7)10(12)13/h2,7-8H,3-6,11H2,1H3,(H,12,13)/b9-2-. The van der Waals surface area contributed by atoms with E-state index in [4.69, 9.17) is 10.8 Å². The van der Waals surface area contributed by atoms with Crippen LogP contribution in [0.15, 0.2) is 11.8 Å². The highest BCUT2D eigenvalue weighted by molar-refractivity contribution is 5.70. The number of carboxylic acids is 1. The van der Waals surface area contributed by atoms with Crippen LogP contribution in [0.3, 0.4) is 0 Å². The zero-order valence-corrected chi connectivity index (χ0v) is 7.99. The van der Waals surface area contributed by atoms with Gasteiger partial charge in [-0.2, -0.15) is 0 Å². The fraction of sp³-hybridized carbons (Fsp3) is 0.700. The number of aliphatic carboxylic acids is 1. The van der Waals surface area contributed by atoms with Crippen LogP contribution >= 0.6 is 0 Å². The molecule has 0 aromatic heterocycles. The van der Waals surface area contributed by atoms with E-state index in [0.717, 1.165) is 31.4 Å². The first kappa shape index (κ1) is 10.1. The van der Waals surface area contributed by atoms with E-state index in [0.29, 0.717) is 5.92 Å². The maximum absolute atomic E-state index is 10.7. The molecule has 3 N–H and O–H groups in total. The molecule has 3 nitrogen and oxygen atoms in total. The summed E-state index contributed by atoms with van der Waals surface area (Å²) < 4.78 is 0. The quantitative estimate of drug-likeness (QED) is 0.685. The molecule has 0 heterocycles. The second kappa shape index (κ2) is 4.30. The molecule has 1 saturated carbocycles. The van der Waals surface area contributed by atoms with Crippen molar-refractivity contribution in [3.8, 4) is 0 Å². The fourth-order valence-corrected chi connectivity index (χ4v) is 1.91. The molecule has 13 heavy (non-hydrogen) atoms. The van der Waals surface area contributed by atoms with Crippen LogP contribution in [0, 0.1) is 11.8 Å². The highest BCUT2D eigenvalue weighted by Gasteiger charge is 2.26. The summed E-state index contributed by atoms with van der Waals surface area (Å²) in [5.41, 5.74) is 6.70. The van der Waals surface area contributed by atoms with E-state index in [9.17, 15) is 4.79 Å². The molecular weight excluding hydrogens is 166 g/mol. The van der Waals surface area contributed by atoms with Gasteiger partial charge in [0, 0.05) is 5.70 Å². The van der Waals surface area contributed by atoms with Crippen molar-refractivity contribution in [2.45, 2.75) is 32.6 Å². The maximum Gasteiger partial charge on any atom is 0.306 e. The number of rotatable bonds is 2. The van der Waals surface area contributed by atoms with E-state index in [-0.39, 0.29) is 5.92 Å². The summed E-state index contributed by atoms with van der Waals surface area (Å²) in [5.74, 6) is -0.376. The van der Waals surface area contributed by atoms with Crippen LogP contribution in [0.2, 0.25) is 0 Å². The van der Waals surface area contributed by atoms with Crippen LogP contribution < -0.4 is 5.73 Å². The summed E-state index contributed by atoms with van der Waals surface area (Å²) in [6.45, 7) is 1.93. The van der Waals surface area contributed by atoms with E-state index in [1.807, 2.05) is 13.0 Å². The Morgan fingerprint density at radius 2 is 1.77 bits per heavy atom. The van der Waals surface area contributed by atoms with E-state index in [1.165, 1.54) is 0 Å². The normalized spacial score (nSPS) is 30.1. The minimum absolute atomic E-state index is 0.138. The highest BCUT2D eigenvalue weighted by Crippen LogP contribution is 2.31. The molecule has 0 atom stereocenters. The third kappa shape index (κ3) is 2.47. The van der Waals surface area contributed by atoms with Gasteiger partial charge in [-0.05, 0) is 38.5 Å². The lowest BCUT2D eigenvalue weighted by atomic mass is 9.80. The molecule has 0 spiro atoms. The molecule has 1 aliphatic rings. The van der Waals surface area contributed by atoms with Gasteiger partial charge in [0.1, 0.15) is 0 Å². The number of carboxylic acid groups (broad SMARTS) is 1. The summed E-state index contributed by atoms with van der Waals surface area (Å²) in [7, 11) is 0. The van der Waals surface area contributed by atoms with Crippen molar-refractivity contribution in [1.82, 2.24) is 0 Å². The summed E-state index contributed by atoms with van der Waals surface area (Å²) in [4.78, 5) is 10.7. The van der Waals surface area contributed by atoms with E-state index >= 15 is 0 Å². The average Bonchev–Trinajstić information content (AvgIpc) is 2.17. The monoisotopic (exact) mass is 183 g/mol. The Labute approximate surface area is 78.6 Å². The number of nitrogens with two attached hydrogens (primary N) is 1. The average molecular weight is 183 g/mol. The Kier molecular flexibility index (Phi) is 3.34. The molecular formula is C10H17NO2. The maximum atomic E-state index is 10.7. The largest absolute Gasteiger partial charge is 0.481 e. The van der Waals surface area contributed by atoms with Crippen molar-refractivity contribution in [2.24, 2.45) is 17.6 Å². The molecule has 0 amide bonds. The van der Waals surface area contributed by atoms with Gasteiger partial charge >= 0.3 is 5.97 Å². The first-order chi connectivity index (χ1) is 6.15. The second-order valence-corrected chi connectivity index (χ2v) is 3.68. The number of allylic oxidation sites excluding steroid dienone is 2. The minimum Gasteiger partial charge on any atom is -0.481 e. The first-order valence-electron chi connectivity index (χ1n) is 4.79. The van der Waals surface area contributed by atoms with E-state index in [2.05, 4.69) is 0 Å². The number of hydrogen-bond donors (Lipinski definition) is 2. The van der Waals surface area contributed by atoms with Gasteiger partial charge in [-0.25, -0.2) is 0 Å². The number of carbonyl (C=O) groups is 1. The van der Waals surface area contributed by atoms with E-state index < -0.39 is 5.97 Å². The molecule has 1 rings (SSSR count). The second-order valence-electron chi connectivity index (χ2n) is 3.68. The SMILES string of the molecule is C/C=C(\N)C1CCC(C(=O)O)CC1. The van der Waals surface area contributed by atoms with Gasteiger partial charge in [-0.3, -0.25) is 4.79 Å². The predicted octanol–water partition coefficient (Wildman–Crippen LogP) is 1.74. The van der Waals surface area contributed by atoms with E-state index in [1.54, 1.807) is 0 Å². The molecule has 0 saturated heterocycles. The molecule has 0 aromatic rings. The van der Waals surface area contributed by atoms with Gasteiger partial charge in [-0.15, -0.1) is 0 Å². The van der Waals surface area contributed by atoms with Crippen LogP contribution in [-0.4, -0.2) is 11.1 Å².